The maximum Gasteiger partial charge on any atom is 0.250 e. The number of aromatic nitrogens is 1. The van der Waals surface area contributed by atoms with Crippen molar-refractivity contribution in [1.82, 2.24) is 14.4 Å². The molecular formula is C27H33N3O. The van der Waals surface area contributed by atoms with E-state index in [1.807, 2.05) is 0 Å². The van der Waals surface area contributed by atoms with E-state index in [1.54, 1.807) is 0 Å². The number of nitrogens with zero attached hydrogens (tertiary/aromatic N) is 3. The van der Waals surface area contributed by atoms with Crippen LogP contribution in [-0.2, 0) is 11.3 Å². The van der Waals surface area contributed by atoms with Gasteiger partial charge in [-0.05, 0) is 87.2 Å². The van der Waals surface area contributed by atoms with E-state index in [0.29, 0.717) is 23.8 Å². The first kappa shape index (κ1) is 19.4. The van der Waals surface area contributed by atoms with Crippen LogP contribution in [0.15, 0.2) is 54.2 Å². The van der Waals surface area contributed by atoms with Crippen molar-refractivity contribution in [1.29, 1.82) is 0 Å². The van der Waals surface area contributed by atoms with Gasteiger partial charge in [0.25, 0.3) is 0 Å². The SMILES string of the molecule is O=C1/C(=C/c2cccn2Cc2ccccc2)CC[C@@H]2[C@H]3CCCN4CCC[C@@H](CN12)[C@@H]34. The maximum atomic E-state index is 13.6. The van der Waals surface area contributed by atoms with E-state index < -0.39 is 0 Å². The van der Waals surface area contributed by atoms with Crippen molar-refractivity contribution in [2.75, 3.05) is 19.6 Å². The summed E-state index contributed by atoms with van der Waals surface area (Å²) in [4.78, 5) is 18.7. The fraction of sp³-hybridized carbons (Fsp3) is 0.519. The van der Waals surface area contributed by atoms with Gasteiger partial charge in [-0.1, -0.05) is 30.3 Å². The van der Waals surface area contributed by atoms with Gasteiger partial charge < -0.3 is 9.47 Å². The lowest BCUT2D eigenvalue weighted by molar-refractivity contribution is -0.145. The molecule has 4 atom stereocenters. The average molecular weight is 416 g/mol. The number of carbonyl (C=O) groups excluding carboxylic acids is 1. The summed E-state index contributed by atoms with van der Waals surface area (Å²) in [6.45, 7) is 4.38. The van der Waals surface area contributed by atoms with E-state index in [-0.39, 0.29) is 0 Å². The molecule has 0 bridgehead atoms. The second-order valence-corrected chi connectivity index (χ2v) is 10.0. The van der Waals surface area contributed by atoms with Crippen molar-refractivity contribution in [3.8, 4) is 0 Å². The number of amides is 1. The van der Waals surface area contributed by atoms with Gasteiger partial charge in [-0.2, -0.15) is 0 Å². The molecule has 4 aliphatic rings. The molecule has 2 aromatic rings. The Labute approximate surface area is 185 Å². The first-order chi connectivity index (χ1) is 15.3. The smallest absolute Gasteiger partial charge is 0.250 e. The third kappa shape index (κ3) is 3.45. The minimum Gasteiger partial charge on any atom is -0.344 e. The summed E-state index contributed by atoms with van der Waals surface area (Å²) in [6, 6.07) is 16.0. The Balaban J connectivity index is 1.24. The molecule has 6 rings (SSSR count). The topological polar surface area (TPSA) is 28.5 Å². The Bertz CT molecular complexity index is 975. The fourth-order valence-corrected chi connectivity index (χ4v) is 6.99. The van der Waals surface area contributed by atoms with E-state index in [2.05, 4.69) is 69.1 Å². The Morgan fingerprint density at radius 2 is 1.81 bits per heavy atom. The molecule has 4 aliphatic heterocycles. The van der Waals surface area contributed by atoms with Crippen molar-refractivity contribution < 1.29 is 4.79 Å². The molecule has 1 aromatic carbocycles. The Morgan fingerprint density at radius 3 is 2.68 bits per heavy atom. The highest BCUT2D eigenvalue weighted by Gasteiger charge is 2.51. The minimum absolute atomic E-state index is 0.310. The highest BCUT2D eigenvalue weighted by Crippen LogP contribution is 2.45. The predicted octanol–water partition coefficient (Wildman–Crippen LogP) is 4.42. The van der Waals surface area contributed by atoms with Gasteiger partial charge in [0.15, 0.2) is 0 Å². The second-order valence-electron chi connectivity index (χ2n) is 10.0. The van der Waals surface area contributed by atoms with E-state index in [0.717, 1.165) is 43.2 Å². The largest absolute Gasteiger partial charge is 0.344 e. The molecule has 4 fully saturated rings. The lowest BCUT2D eigenvalue weighted by Crippen LogP contribution is -2.66. The molecular weight excluding hydrogens is 382 g/mol. The number of rotatable bonds is 3. The number of benzene rings is 1. The van der Waals surface area contributed by atoms with Gasteiger partial charge in [0.05, 0.1) is 0 Å². The van der Waals surface area contributed by atoms with Crippen LogP contribution >= 0.6 is 0 Å². The highest BCUT2D eigenvalue weighted by atomic mass is 16.2. The van der Waals surface area contributed by atoms with Crippen LogP contribution in [0.4, 0.5) is 0 Å². The van der Waals surface area contributed by atoms with Gasteiger partial charge >= 0.3 is 0 Å². The number of carbonyl (C=O) groups is 1. The molecule has 0 spiro atoms. The lowest BCUT2D eigenvalue weighted by atomic mass is 9.67. The molecule has 0 unspecified atom stereocenters. The molecule has 0 radical (unpaired) electrons. The number of hydrogen-bond donors (Lipinski definition) is 0. The summed E-state index contributed by atoms with van der Waals surface area (Å²) >= 11 is 0. The highest BCUT2D eigenvalue weighted by molar-refractivity contribution is 5.98. The Hall–Kier alpha value is -2.33. The third-order valence-electron chi connectivity index (χ3n) is 8.30. The van der Waals surface area contributed by atoms with Gasteiger partial charge in [-0.15, -0.1) is 0 Å². The van der Waals surface area contributed by atoms with Crippen LogP contribution in [0.3, 0.4) is 0 Å². The van der Waals surface area contributed by atoms with Crippen LogP contribution in [0.2, 0.25) is 0 Å². The van der Waals surface area contributed by atoms with Gasteiger partial charge in [0.1, 0.15) is 0 Å². The summed E-state index contributed by atoms with van der Waals surface area (Å²) in [7, 11) is 0. The Morgan fingerprint density at radius 1 is 0.968 bits per heavy atom. The molecule has 162 valence electrons. The van der Waals surface area contributed by atoms with Crippen LogP contribution in [-0.4, -0.2) is 52.0 Å². The lowest BCUT2D eigenvalue weighted by Gasteiger charge is -2.58. The van der Waals surface area contributed by atoms with Crippen LogP contribution < -0.4 is 0 Å². The van der Waals surface area contributed by atoms with Crippen molar-refractivity contribution in [2.45, 2.75) is 57.2 Å². The van der Waals surface area contributed by atoms with Gasteiger partial charge in [-0.25, -0.2) is 0 Å². The summed E-state index contributed by atoms with van der Waals surface area (Å²) in [5.74, 6) is 1.69. The van der Waals surface area contributed by atoms with Crippen molar-refractivity contribution in [3.63, 3.8) is 0 Å². The van der Waals surface area contributed by atoms with Crippen molar-refractivity contribution in [3.05, 3.63) is 65.5 Å². The summed E-state index contributed by atoms with van der Waals surface area (Å²) < 4.78 is 2.26. The molecule has 31 heavy (non-hydrogen) atoms. The average Bonchev–Trinajstić information content (AvgIpc) is 3.23. The second kappa shape index (κ2) is 7.98. The zero-order valence-electron chi connectivity index (χ0n) is 18.3. The van der Waals surface area contributed by atoms with Gasteiger partial charge in [-0.3, -0.25) is 9.69 Å². The molecule has 4 heteroatoms. The fourth-order valence-electron chi connectivity index (χ4n) is 6.99. The van der Waals surface area contributed by atoms with Crippen LogP contribution in [0.5, 0.6) is 0 Å². The molecule has 4 nitrogen and oxygen atoms in total. The van der Waals surface area contributed by atoms with Crippen molar-refractivity contribution in [2.24, 2.45) is 11.8 Å². The van der Waals surface area contributed by atoms with Gasteiger partial charge in [0.2, 0.25) is 5.91 Å². The van der Waals surface area contributed by atoms with Crippen LogP contribution in [0.1, 0.15) is 49.8 Å². The maximum absolute atomic E-state index is 13.6. The molecule has 4 saturated heterocycles. The Kier molecular flexibility index (Phi) is 4.98. The standard InChI is InChI=1S/C27H33N3O/c31-27-21(17-23-10-5-16-29(23)18-20-7-2-1-3-8-20)12-13-25-24-11-6-15-28-14-4-9-22(26(24)28)19-30(25)27/h1-3,5,7-8,10,16-17,22,24-26H,4,6,9,11-15,18-19H2/b21-17+/t22-,24+,25+,26-/m0/s1. The van der Waals surface area contributed by atoms with Crippen LogP contribution in [0, 0.1) is 11.8 Å². The first-order valence-corrected chi connectivity index (χ1v) is 12.2. The first-order valence-electron chi connectivity index (χ1n) is 12.2. The molecule has 0 N–H and O–H groups in total. The minimum atomic E-state index is 0.310. The molecule has 1 aromatic heterocycles. The quantitative estimate of drug-likeness (QED) is 0.695. The van der Waals surface area contributed by atoms with Crippen LogP contribution in [0.25, 0.3) is 6.08 Å². The molecule has 1 amide bonds. The predicted molar refractivity (Wildman–Crippen MR) is 123 cm³/mol. The zero-order chi connectivity index (χ0) is 20.8. The molecule has 5 heterocycles. The van der Waals surface area contributed by atoms with E-state index >= 15 is 0 Å². The van der Waals surface area contributed by atoms with E-state index in [9.17, 15) is 4.79 Å². The monoisotopic (exact) mass is 415 g/mol. The summed E-state index contributed by atoms with van der Waals surface area (Å²) in [5, 5.41) is 0. The number of hydrogen-bond acceptors (Lipinski definition) is 2. The number of fused-ring (bicyclic) bond motifs is 2. The normalized spacial score (nSPS) is 32.1. The van der Waals surface area contributed by atoms with Crippen molar-refractivity contribution >= 4 is 12.0 Å². The third-order valence-corrected chi connectivity index (χ3v) is 8.30. The summed E-state index contributed by atoms with van der Waals surface area (Å²) in [5.41, 5.74) is 3.43. The number of piperidine rings is 4. The van der Waals surface area contributed by atoms with E-state index in [4.69, 9.17) is 0 Å². The zero-order valence-corrected chi connectivity index (χ0v) is 18.3. The molecule has 0 saturated carbocycles. The van der Waals surface area contributed by atoms with E-state index in [1.165, 1.54) is 44.3 Å². The molecule has 0 aliphatic carbocycles. The summed E-state index contributed by atoms with van der Waals surface area (Å²) in [6.07, 6.45) is 11.6. The van der Waals surface area contributed by atoms with Gasteiger partial charge in [0, 0.05) is 42.6 Å².